The van der Waals surface area contributed by atoms with Gasteiger partial charge in [-0.25, -0.2) is 0 Å². The Bertz CT molecular complexity index is 849. The van der Waals surface area contributed by atoms with Crippen molar-refractivity contribution in [2.24, 2.45) is 0 Å². The highest BCUT2D eigenvalue weighted by Crippen LogP contribution is 2.33. The molecule has 22 heavy (non-hydrogen) atoms. The molecule has 2 heterocycles. The number of carbonyl (C=O) groups excluding carboxylic acids is 1. The number of carbonyl (C=O) groups is 1. The summed E-state index contributed by atoms with van der Waals surface area (Å²) in [6, 6.07) is 16.6. The molecule has 1 aromatic heterocycles. The van der Waals surface area contributed by atoms with Crippen molar-refractivity contribution in [2.75, 3.05) is 6.54 Å². The first kappa shape index (κ1) is 13.3. The summed E-state index contributed by atoms with van der Waals surface area (Å²) in [6.07, 6.45) is 0.986. The lowest BCUT2D eigenvalue weighted by Gasteiger charge is -2.24. The molecule has 4 rings (SSSR count). The van der Waals surface area contributed by atoms with Crippen molar-refractivity contribution in [1.82, 2.24) is 10.3 Å². The molecular weight excluding hydrogens is 272 g/mol. The van der Waals surface area contributed by atoms with Crippen LogP contribution in [0.4, 0.5) is 0 Å². The number of hydrogen-bond donors (Lipinski definition) is 2. The molecule has 0 radical (unpaired) electrons. The Hall–Kier alpha value is -2.39. The van der Waals surface area contributed by atoms with Gasteiger partial charge in [-0.05, 0) is 42.7 Å². The number of aromatic nitrogens is 1. The van der Waals surface area contributed by atoms with E-state index in [-0.39, 0.29) is 11.8 Å². The molecule has 1 unspecified atom stereocenters. The fraction of sp³-hybridized carbons (Fsp3) is 0.211. The highest BCUT2D eigenvalue weighted by molar-refractivity contribution is 5.99. The molecule has 0 bridgehead atoms. The average Bonchev–Trinajstić information content (AvgIpc) is 2.93. The zero-order valence-corrected chi connectivity index (χ0v) is 12.5. The number of Topliss-reactive ketones (excluding diaryl/α,β-unsaturated/α-hetero) is 1. The summed E-state index contributed by atoms with van der Waals surface area (Å²) in [7, 11) is 0. The highest BCUT2D eigenvalue weighted by atomic mass is 16.1. The summed E-state index contributed by atoms with van der Waals surface area (Å²) in [5.74, 6) is 0.116. The van der Waals surface area contributed by atoms with E-state index in [9.17, 15) is 4.79 Å². The van der Waals surface area contributed by atoms with Crippen LogP contribution in [-0.4, -0.2) is 17.3 Å². The van der Waals surface area contributed by atoms with E-state index in [1.165, 1.54) is 22.2 Å². The van der Waals surface area contributed by atoms with Crippen LogP contribution in [0, 0.1) is 0 Å². The van der Waals surface area contributed by atoms with Gasteiger partial charge < -0.3 is 10.3 Å². The van der Waals surface area contributed by atoms with Crippen LogP contribution in [0.2, 0.25) is 0 Å². The lowest BCUT2D eigenvalue weighted by molar-refractivity contribution is 0.101. The quantitative estimate of drug-likeness (QED) is 0.708. The van der Waals surface area contributed by atoms with Gasteiger partial charge in [0, 0.05) is 28.7 Å². The molecule has 2 N–H and O–H groups in total. The summed E-state index contributed by atoms with van der Waals surface area (Å²) in [5.41, 5.74) is 5.73. The Morgan fingerprint density at radius 2 is 1.95 bits per heavy atom. The molecule has 3 aromatic rings. The maximum absolute atomic E-state index is 11.6. The topological polar surface area (TPSA) is 44.9 Å². The molecule has 2 aromatic carbocycles. The van der Waals surface area contributed by atoms with Crippen molar-refractivity contribution >= 4 is 16.7 Å². The first-order valence-electron chi connectivity index (χ1n) is 7.68. The summed E-state index contributed by atoms with van der Waals surface area (Å²) in [5, 5.41) is 4.78. The van der Waals surface area contributed by atoms with Gasteiger partial charge in [-0.1, -0.05) is 30.3 Å². The summed E-state index contributed by atoms with van der Waals surface area (Å²) < 4.78 is 0. The van der Waals surface area contributed by atoms with Gasteiger partial charge in [0.15, 0.2) is 5.78 Å². The largest absolute Gasteiger partial charge is 0.357 e. The zero-order valence-electron chi connectivity index (χ0n) is 12.5. The van der Waals surface area contributed by atoms with E-state index in [0.29, 0.717) is 0 Å². The second-order valence-corrected chi connectivity index (χ2v) is 5.88. The lowest BCUT2D eigenvalue weighted by Crippen LogP contribution is -2.30. The molecule has 0 saturated heterocycles. The van der Waals surface area contributed by atoms with Crippen LogP contribution in [0.3, 0.4) is 0 Å². The van der Waals surface area contributed by atoms with Crippen LogP contribution in [-0.2, 0) is 6.42 Å². The maximum atomic E-state index is 11.6. The normalized spacial score (nSPS) is 17.4. The number of fused-ring (bicyclic) bond motifs is 3. The Morgan fingerprint density at radius 1 is 1.14 bits per heavy atom. The Kier molecular flexibility index (Phi) is 3.09. The number of hydrogen-bond acceptors (Lipinski definition) is 2. The minimum atomic E-state index is 0.116. The van der Waals surface area contributed by atoms with E-state index in [1.54, 1.807) is 6.92 Å². The molecule has 0 amide bonds. The van der Waals surface area contributed by atoms with Gasteiger partial charge in [-0.3, -0.25) is 4.79 Å². The van der Waals surface area contributed by atoms with Crippen LogP contribution < -0.4 is 5.32 Å². The van der Waals surface area contributed by atoms with Crippen LogP contribution in [0.1, 0.15) is 40.1 Å². The van der Waals surface area contributed by atoms with E-state index >= 15 is 0 Å². The average molecular weight is 290 g/mol. The van der Waals surface area contributed by atoms with Gasteiger partial charge in [-0.2, -0.15) is 0 Å². The number of rotatable bonds is 2. The summed E-state index contributed by atoms with van der Waals surface area (Å²) in [4.78, 5) is 15.2. The van der Waals surface area contributed by atoms with Crippen molar-refractivity contribution in [3.05, 3.63) is 70.9 Å². The molecule has 0 spiro atoms. The Morgan fingerprint density at radius 3 is 2.73 bits per heavy atom. The molecule has 3 heteroatoms. The van der Waals surface area contributed by atoms with Gasteiger partial charge in [0.05, 0.1) is 6.04 Å². The predicted octanol–water partition coefficient (Wildman–Crippen LogP) is 3.61. The van der Waals surface area contributed by atoms with Gasteiger partial charge >= 0.3 is 0 Å². The van der Waals surface area contributed by atoms with E-state index in [4.69, 9.17) is 0 Å². The van der Waals surface area contributed by atoms with Crippen molar-refractivity contribution < 1.29 is 4.79 Å². The number of nitrogens with one attached hydrogen (secondary N) is 2. The molecule has 110 valence electrons. The van der Waals surface area contributed by atoms with Gasteiger partial charge in [0.1, 0.15) is 0 Å². The Labute approximate surface area is 129 Å². The minimum absolute atomic E-state index is 0.116. The van der Waals surface area contributed by atoms with E-state index in [1.807, 2.05) is 24.3 Å². The smallest absolute Gasteiger partial charge is 0.159 e. The number of ketones is 1. The third kappa shape index (κ3) is 2.06. The molecule has 3 nitrogen and oxygen atoms in total. The van der Waals surface area contributed by atoms with Crippen molar-refractivity contribution in [1.29, 1.82) is 0 Å². The molecule has 1 aliphatic heterocycles. The van der Waals surface area contributed by atoms with Crippen LogP contribution in [0.15, 0.2) is 48.5 Å². The first-order valence-corrected chi connectivity index (χ1v) is 7.68. The molecule has 0 aliphatic carbocycles. The van der Waals surface area contributed by atoms with E-state index in [2.05, 4.69) is 34.6 Å². The first-order chi connectivity index (χ1) is 10.7. The molecular formula is C19H18N2O. The fourth-order valence-corrected chi connectivity index (χ4v) is 3.38. The molecule has 0 fully saturated rings. The van der Waals surface area contributed by atoms with Crippen LogP contribution in [0.5, 0.6) is 0 Å². The number of H-pyrrole nitrogens is 1. The van der Waals surface area contributed by atoms with Gasteiger partial charge in [-0.15, -0.1) is 0 Å². The second-order valence-electron chi connectivity index (χ2n) is 5.88. The van der Waals surface area contributed by atoms with E-state index in [0.717, 1.165) is 24.0 Å². The van der Waals surface area contributed by atoms with Crippen molar-refractivity contribution in [2.45, 2.75) is 19.4 Å². The Balaban J connectivity index is 1.89. The maximum Gasteiger partial charge on any atom is 0.159 e. The van der Waals surface area contributed by atoms with Crippen LogP contribution >= 0.6 is 0 Å². The lowest BCUT2D eigenvalue weighted by atomic mass is 9.94. The SMILES string of the molecule is CC(=O)c1ccc2[nH]c3c(c2c1)CCNC3c1ccccc1. The molecule has 1 atom stereocenters. The molecule has 1 aliphatic rings. The molecule has 0 saturated carbocycles. The van der Waals surface area contributed by atoms with Crippen LogP contribution in [0.25, 0.3) is 10.9 Å². The second kappa shape index (κ2) is 5.11. The number of aromatic amines is 1. The summed E-state index contributed by atoms with van der Waals surface area (Å²) >= 11 is 0. The standard InChI is InChI=1S/C19H18N2O/c1-12(22)14-7-8-17-16(11-14)15-9-10-20-18(19(15)21-17)13-5-3-2-4-6-13/h2-8,11,18,20-21H,9-10H2,1H3. The number of benzene rings is 2. The fourth-order valence-electron chi connectivity index (χ4n) is 3.38. The zero-order chi connectivity index (χ0) is 15.1. The highest BCUT2D eigenvalue weighted by Gasteiger charge is 2.25. The predicted molar refractivity (Wildman–Crippen MR) is 88.3 cm³/mol. The van der Waals surface area contributed by atoms with E-state index < -0.39 is 0 Å². The minimum Gasteiger partial charge on any atom is -0.357 e. The van der Waals surface area contributed by atoms with Gasteiger partial charge in [0.2, 0.25) is 0 Å². The third-order valence-electron chi connectivity index (χ3n) is 4.49. The van der Waals surface area contributed by atoms with Crippen molar-refractivity contribution in [3.63, 3.8) is 0 Å². The van der Waals surface area contributed by atoms with Crippen molar-refractivity contribution in [3.8, 4) is 0 Å². The van der Waals surface area contributed by atoms with Gasteiger partial charge in [0.25, 0.3) is 0 Å². The summed E-state index contributed by atoms with van der Waals surface area (Å²) in [6.45, 7) is 2.57. The third-order valence-corrected chi connectivity index (χ3v) is 4.49. The monoisotopic (exact) mass is 290 g/mol.